The SMILES string of the molecule is OCCCc1cn(CC2CCC3(CCCC3)O2)nn1. The lowest BCUT2D eigenvalue weighted by molar-refractivity contribution is -0.0430. The summed E-state index contributed by atoms with van der Waals surface area (Å²) >= 11 is 0. The van der Waals surface area contributed by atoms with E-state index >= 15 is 0 Å². The molecule has 3 rings (SSSR count). The summed E-state index contributed by atoms with van der Waals surface area (Å²) in [7, 11) is 0. The molecule has 1 N–H and O–H groups in total. The second kappa shape index (κ2) is 5.59. The number of aromatic nitrogens is 3. The van der Waals surface area contributed by atoms with Crippen molar-refractivity contribution in [2.75, 3.05) is 6.61 Å². The number of aliphatic hydroxyl groups is 1. The molecule has 1 aromatic heterocycles. The first-order chi connectivity index (χ1) is 9.30. The monoisotopic (exact) mass is 265 g/mol. The molecule has 19 heavy (non-hydrogen) atoms. The van der Waals surface area contributed by atoms with E-state index in [0.29, 0.717) is 6.10 Å². The van der Waals surface area contributed by atoms with Gasteiger partial charge >= 0.3 is 0 Å². The van der Waals surface area contributed by atoms with E-state index < -0.39 is 0 Å². The molecule has 106 valence electrons. The highest BCUT2D eigenvalue weighted by molar-refractivity contribution is 4.95. The summed E-state index contributed by atoms with van der Waals surface area (Å²) in [6.45, 7) is 1.02. The molecule has 1 saturated carbocycles. The Morgan fingerprint density at radius 1 is 1.37 bits per heavy atom. The van der Waals surface area contributed by atoms with Crippen molar-refractivity contribution in [1.82, 2.24) is 15.0 Å². The maximum atomic E-state index is 8.81. The summed E-state index contributed by atoms with van der Waals surface area (Å²) in [5.41, 5.74) is 1.16. The molecule has 1 unspecified atom stereocenters. The molecule has 1 saturated heterocycles. The van der Waals surface area contributed by atoms with E-state index in [2.05, 4.69) is 10.3 Å². The predicted octanol–water partition coefficient (Wildman–Crippen LogP) is 1.69. The number of ether oxygens (including phenoxy) is 1. The number of rotatable bonds is 5. The van der Waals surface area contributed by atoms with Gasteiger partial charge < -0.3 is 9.84 Å². The van der Waals surface area contributed by atoms with Gasteiger partial charge in [0.25, 0.3) is 0 Å². The quantitative estimate of drug-likeness (QED) is 0.880. The minimum absolute atomic E-state index is 0.199. The lowest BCUT2D eigenvalue weighted by Crippen LogP contribution is -2.26. The lowest BCUT2D eigenvalue weighted by atomic mass is 9.98. The molecule has 1 aliphatic carbocycles. The van der Waals surface area contributed by atoms with Gasteiger partial charge in [0.2, 0.25) is 0 Å². The largest absolute Gasteiger partial charge is 0.396 e. The molecular formula is C14H23N3O2. The summed E-state index contributed by atoms with van der Waals surface area (Å²) < 4.78 is 8.17. The normalized spacial score (nSPS) is 25.4. The Morgan fingerprint density at radius 2 is 2.21 bits per heavy atom. The van der Waals surface area contributed by atoms with Crippen molar-refractivity contribution in [3.63, 3.8) is 0 Å². The van der Waals surface area contributed by atoms with Gasteiger partial charge in [-0.3, -0.25) is 0 Å². The average Bonchev–Trinajstić information content (AvgIpc) is 3.12. The maximum Gasteiger partial charge on any atom is 0.0828 e. The van der Waals surface area contributed by atoms with Crippen LogP contribution in [0.4, 0.5) is 0 Å². The Bertz CT molecular complexity index is 413. The maximum absolute atomic E-state index is 8.81. The third-order valence-corrected chi connectivity index (χ3v) is 4.42. The van der Waals surface area contributed by atoms with Crippen LogP contribution in [0.15, 0.2) is 6.20 Å². The van der Waals surface area contributed by atoms with Crippen LogP contribution >= 0.6 is 0 Å². The molecule has 5 nitrogen and oxygen atoms in total. The molecule has 2 fully saturated rings. The first-order valence-corrected chi connectivity index (χ1v) is 7.47. The van der Waals surface area contributed by atoms with Gasteiger partial charge in [-0.15, -0.1) is 5.10 Å². The predicted molar refractivity (Wildman–Crippen MR) is 70.7 cm³/mol. The summed E-state index contributed by atoms with van der Waals surface area (Å²) in [6.07, 6.45) is 11.3. The van der Waals surface area contributed by atoms with E-state index in [1.54, 1.807) is 0 Å². The summed E-state index contributed by atoms with van der Waals surface area (Å²) in [5.74, 6) is 0. The number of nitrogens with zero attached hydrogens (tertiary/aromatic N) is 3. The zero-order valence-corrected chi connectivity index (χ0v) is 11.4. The first-order valence-electron chi connectivity index (χ1n) is 7.47. The standard InChI is InChI=1S/C14H23N3O2/c18-9-3-4-12-10-17(16-15-12)11-13-5-8-14(19-13)6-1-2-7-14/h10,13,18H,1-9,11H2. The van der Waals surface area contributed by atoms with E-state index in [4.69, 9.17) is 9.84 Å². The third-order valence-electron chi connectivity index (χ3n) is 4.42. The number of aryl methyl sites for hydroxylation is 1. The Hall–Kier alpha value is -0.940. The fourth-order valence-electron chi connectivity index (χ4n) is 3.42. The van der Waals surface area contributed by atoms with Crippen LogP contribution in [0.1, 0.15) is 50.6 Å². The van der Waals surface area contributed by atoms with E-state index in [9.17, 15) is 0 Å². The highest BCUT2D eigenvalue weighted by atomic mass is 16.5. The number of hydrogen-bond donors (Lipinski definition) is 1. The fourth-order valence-corrected chi connectivity index (χ4v) is 3.42. The average molecular weight is 265 g/mol. The van der Waals surface area contributed by atoms with Gasteiger partial charge in [-0.05, 0) is 38.5 Å². The molecule has 5 heteroatoms. The van der Waals surface area contributed by atoms with Crippen LogP contribution in [0, 0.1) is 0 Å². The second-order valence-electron chi connectivity index (χ2n) is 5.93. The van der Waals surface area contributed by atoms with Crippen molar-refractivity contribution in [2.45, 2.75) is 69.6 Å². The van der Waals surface area contributed by atoms with Gasteiger partial charge in [0.05, 0.1) is 23.9 Å². The second-order valence-corrected chi connectivity index (χ2v) is 5.93. The fraction of sp³-hybridized carbons (Fsp3) is 0.857. The van der Waals surface area contributed by atoms with Crippen LogP contribution in [-0.4, -0.2) is 38.4 Å². The molecular weight excluding hydrogens is 242 g/mol. The topological polar surface area (TPSA) is 60.2 Å². The van der Waals surface area contributed by atoms with E-state index in [1.165, 1.54) is 32.1 Å². The molecule has 1 spiro atoms. The summed E-state index contributed by atoms with van der Waals surface area (Å²) in [4.78, 5) is 0. The van der Waals surface area contributed by atoms with E-state index in [-0.39, 0.29) is 12.2 Å². The molecule has 2 heterocycles. The van der Waals surface area contributed by atoms with Crippen LogP contribution in [0.5, 0.6) is 0 Å². The van der Waals surface area contributed by atoms with Crippen LogP contribution < -0.4 is 0 Å². The first kappa shape index (κ1) is 13.1. The third kappa shape index (κ3) is 2.98. The molecule has 0 bridgehead atoms. The van der Waals surface area contributed by atoms with Crippen LogP contribution in [0.3, 0.4) is 0 Å². The summed E-state index contributed by atoms with van der Waals surface area (Å²) in [6, 6.07) is 0. The highest BCUT2D eigenvalue weighted by Gasteiger charge is 2.42. The molecule has 2 aliphatic rings. The minimum Gasteiger partial charge on any atom is -0.396 e. The van der Waals surface area contributed by atoms with Crippen LogP contribution in [0.25, 0.3) is 0 Å². The molecule has 0 radical (unpaired) electrons. The zero-order chi connectivity index (χ0) is 13.1. The highest BCUT2D eigenvalue weighted by Crippen LogP contribution is 2.43. The van der Waals surface area contributed by atoms with Gasteiger partial charge in [0.15, 0.2) is 0 Å². The smallest absolute Gasteiger partial charge is 0.0828 e. The molecule has 1 aliphatic heterocycles. The van der Waals surface area contributed by atoms with Gasteiger partial charge in [-0.25, -0.2) is 4.68 Å². The zero-order valence-electron chi connectivity index (χ0n) is 11.4. The van der Waals surface area contributed by atoms with Crippen molar-refractivity contribution >= 4 is 0 Å². The number of aliphatic hydroxyl groups excluding tert-OH is 1. The molecule has 1 atom stereocenters. The van der Waals surface area contributed by atoms with Gasteiger partial charge in [-0.1, -0.05) is 18.1 Å². The van der Waals surface area contributed by atoms with Gasteiger partial charge in [-0.2, -0.15) is 0 Å². The van der Waals surface area contributed by atoms with Gasteiger partial charge in [0.1, 0.15) is 0 Å². The Balaban J connectivity index is 1.53. The van der Waals surface area contributed by atoms with Crippen molar-refractivity contribution in [3.05, 3.63) is 11.9 Å². The van der Waals surface area contributed by atoms with E-state index in [1.807, 2.05) is 10.9 Å². The summed E-state index contributed by atoms with van der Waals surface area (Å²) in [5, 5.41) is 17.1. The molecule has 1 aromatic rings. The lowest BCUT2D eigenvalue weighted by Gasteiger charge is -2.23. The van der Waals surface area contributed by atoms with Crippen molar-refractivity contribution in [3.8, 4) is 0 Å². The minimum atomic E-state index is 0.199. The number of hydrogen-bond acceptors (Lipinski definition) is 4. The van der Waals surface area contributed by atoms with Crippen LogP contribution in [-0.2, 0) is 17.7 Å². The van der Waals surface area contributed by atoms with Gasteiger partial charge in [0, 0.05) is 12.8 Å². The molecule has 0 amide bonds. The van der Waals surface area contributed by atoms with E-state index in [0.717, 1.165) is 31.5 Å². The van der Waals surface area contributed by atoms with Crippen molar-refractivity contribution < 1.29 is 9.84 Å². The Labute approximate surface area is 114 Å². The van der Waals surface area contributed by atoms with Crippen LogP contribution in [0.2, 0.25) is 0 Å². The molecule has 0 aromatic carbocycles. The van der Waals surface area contributed by atoms with Crippen molar-refractivity contribution in [1.29, 1.82) is 0 Å². The Kier molecular flexibility index (Phi) is 3.84. The Morgan fingerprint density at radius 3 is 3.00 bits per heavy atom. The van der Waals surface area contributed by atoms with Crippen molar-refractivity contribution in [2.24, 2.45) is 0 Å².